The van der Waals surface area contributed by atoms with Gasteiger partial charge in [0.1, 0.15) is 5.82 Å². The van der Waals surface area contributed by atoms with Crippen molar-refractivity contribution in [3.05, 3.63) is 12.3 Å². The topological polar surface area (TPSA) is 63.8 Å². The van der Waals surface area contributed by atoms with Crippen LogP contribution in [0.3, 0.4) is 0 Å². The highest BCUT2D eigenvalue weighted by Crippen LogP contribution is 1.99. The van der Waals surface area contributed by atoms with E-state index in [9.17, 15) is 0 Å². The normalized spacial score (nSPS) is 7.91. The summed E-state index contributed by atoms with van der Waals surface area (Å²) >= 11 is 0. The lowest BCUT2D eigenvalue weighted by Crippen LogP contribution is -1.97. The maximum absolute atomic E-state index is 5.27. The number of hydrogen-bond donors (Lipinski definition) is 2. The summed E-state index contributed by atoms with van der Waals surface area (Å²) in [6.07, 6.45) is 1.61. The Kier molecular flexibility index (Phi) is 4.81. The van der Waals surface area contributed by atoms with Crippen molar-refractivity contribution in [1.29, 1.82) is 0 Å². The first-order valence-corrected chi connectivity index (χ1v) is 3.59. The van der Waals surface area contributed by atoms with Crippen LogP contribution in [0, 0.1) is 0 Å². The Morgan fingerprint density at radius 3 is 2.45 bits per heavy atom. The van der Waals surface area contributed by atoms with E-state index in [0.29, 0.717) is 5.95 Å². The fourth-order valence-corrected chi connectivity index (χ4v) is 0.513. The summed E-state index contributed by atoms with van der Waals surface area (Å²) < 4.78 is 0. The number of hydrogen-bond acceptors (Lipinski definition) is 4. The van der Waals surface area contributed by atoms with Crippen LogP contribution in [0.4, 0.5) is 11.8 Å². The van der Waals surface area contributed by atoms with Crippen molar-refractivity contribution in [3.8, 4) is 0 Å². The molecule has 0 bridgehead atoms. The third-order valence-electron chi connectivity index (χ3n) is 0.930. The Hall–Kier alpha value is -1.32. The summed E-state index contributed by atoms with van der Waals surface area (Å²) in [4.78, 5) is 7.56. The molecular weight excluding hydrogens is 140 g/mol. The minimum absolute atomic E-state index is 0.293. The average molecular weight is 154 g/mol. The van der Waals surface area contributed by atoms with Crippen molar-refractivity contribution in [2.45, 2.75) is 13.8 Å². The van der Waals surface area contributed by atoms with Crippen molar-refractivity contribution in [2.24, 2.45) is 0 Å². The molecule has 1 heterocycles. The average Bonchev–Trinajstić information content (AvgIpc) is 2.08. The lowest BCUT2D eigenvalue weighted by Gasteiger charge is -1.96. The van der Waals surface area contributed by atoms with Gasteiger partial charge in [0, 0.05) is 13.2 Å². The Morgan fingerprint density at radius 1 is 1.45 bits per heavy atom. The fourth-order valence-electron chi connectivity index (χ4n) is 0.513. The van der Waals surface area contributed by atoms with Crippen LogP contribution in [-0.2, 0) is 0 Å². The summed E-state index contributed by atoms with van der Waals surface area (Å²) in [7, 11) is 1.78. The molecule has 0 aliphatic carbocycles. The zero-order chi connectivity index (χ0) is 8.69. The molecule has 1 aromatic rings. The van der Waals surface area contributed by atoms with Crippen molar-refractivity contribution >= 4 is 11.8 Å². The first-order chi connectivity index (χ1) is 5.33. The lowest BCUT2D eigenvalue weighted by atomic mass is 10.6. The van der Waals surface area contributed by atoms with Gasteiger partial charge in [-0.25, -0.2) is 4.98 Å². The number of anilines is 2. The molecule has 4 heteroatoms. The Bertz CT molecular complexity index is 199. The first-order valence-electron chi connectivity index (χ1n) is 3.59. The quantitative estimate of drug-likeness (QED) is 0.636. The van der Waals surface area contributed by atoms with Gasteiger partial charge in [0.2, 0.25) is 5.95 Å². The van der Waals surface area contributed by atoms with E-state index in [-0.39, 0.29) is 0 Å². The molecule has 0 saturated heterocycles. The second-order valence-electron chi connectivity index (χ2n) is 1.55. The maximum Gasteiger partial charge on any atom is 0.221 e. The van der Waals surface area contributed by atoms with Crippen LogP contribution in [0.5, 0.6) is 0 Å². The van der Waals surface area contributed by atoms with Gasteiger partial charge >= 0.3 is 0 Å². The van der Waals surface area contributed by atoms with E-state index in [0.717, 1.165) is 5.82 Å². The van der Waals surface area contributed by atoms with Gasteiger partial charge < -0.3 is 11.1 Å². The molecule has 11 heavy (non-hydrogen) atoms. The number of nitrogens with two attached hydrogens (primary N) is 1. The van der Waals surface area contributed by atoms with Gasteiger partial charge in [0.25, 0.3) is 0 Å². The highest BCUT2D eigenvalue weighted by Gasteiger charge is 1.88. The molecule has 0 aliphatic rings. The first kappa shape index (κ1) is 9.68. The van der Waals surface area contributed by atoms with E-state index in [1.165, 1.54) is 0 Å². The van der Waals surface area contributed by atoms with Crippen molar-refractivity contribution < 1.29 is 0 Å². The molecule has 0 amide bonds. The predicted octanol–water partition coefficient (Wildman–Crippen LogP) is 1.13. The summed E-state index contributed by atoms with van der Waals surface area (Å²) in [5.74, 6) is 1.03. The zero-order valence-corrected chi connectivity index (χ0v) is 7.13. The van der Waals surface area contributed by atoms with Crippen molar-refractivity contribution in [1.82, 2.24) is 9.97 Å². The van der Waals surface area contributed by atoms with Crippen molar-refractivity contribution in [2.75, 3.05) is 18.1 Å². The van der Waals surface area contributed by atoms with Gasteiger partial charge in [0.05, 0.1) is 0 Å². The van der Waals surface area contributed by atoms with Crippen LogP contribution in [0.15, 0.2) is 12.3 Å². The Morgan fingerprint density at radius 2 is 2.09 bits per heavy atom. The standard InChI is InChI=1S/C5H8N4.C2H6/c1-7-4-2-3-8-5(6)9-4;1-2/h2-3H,1H3,(H3,6,7,8,9);1-2H3. The molecule has 3 N–H and O–H groups in total. The third-order valence-corrected chi connectivity index (χ3v) is 0.930. The molecule has 0 saturated carbocycles. The van der Waals surface area contributed by atoms with Crippen molar-refractivity contribution in [3.63, 3.8) is 0 Å². The van der Waals surface area contributed by atoms with Crippen LogP contribution >= 0.6 is 0 Å². The molecule has 0 fully saturated rings. The molecule has 0 atom stereocenters. The van der Waals surface area contributed by atoms with Gasteiger partial charge in [-0.1, -0.05) is 13.8 Å². The number of nitrogen functional groups attached to an aromatic ring is 1. The van der Waals surface area contributed by atoms with Gasteiger partial charge in [0.15, 0.2) is 0 Å². The van der Waals surface area contributed by atoms with Crippen LogP contribution in [0.2, 0.25) is 0 Å². The summed E-state index contributed by atoms with van der Waals surface area (Å²) in [6, 6.07) is 1.75. The van der Waals surface area contributed by atoms with Gasteiger partial charge in [-0.2, -0.15) is 4.98 Å². The molecule has 0 unspecified atom stereocenters. The van der Waals surface area contributed by atoms with E-state index in [1.54, 1.807) is 19.3 Å². The minimum atomic E-state index is 0.293. The lowest BCUT2D eigenvalue weighted by molar-refractivity contribution is 1.18. The monoisotopic (exact) mass is 154 g/mol. The van der Waals surface area contributed by atoms with Crippen LogP contribution < -0.4 is 11.1 Å². The highest BCUT2D eigenvalue weighted by molar-refractivity contribution is 5.36. The van der Waals surface area contributed by atoms with Crippen LogP contribution in [-0.4, -0.2) is 17.0 Å². The molecule has 0 radical (unpaired) electrons. The maximum atomic E-state index is 5.27. The van der Waals surface area contributed by atoms with E-state index in [4.69, 9.17) is 5.73 Å². The van der Waals surface area contributed by atoms with E-state index in [1.807, 2.05) is 13.8 Å². The minimum Gasteiger partial charge on any atom is -0.373 e. The zero-order valence-electron chi connectivity index (χ0n) is 7.13. The number of rotatable bonds is 1. The number of aromatic nitrogens is 2. The predicted molar refractivity (Wildman–Crippen MR) is 47.3 cm³/mol. The fraction of sp³-hybridized carbons (Fsp3) is 0.429. The smallest absolute Gasteiger partial charge is 0.221 e. The Balaban J connectivity index is 0.000000461. The SMILES string of the molecule is CC.CNc1ccnc(N)n1. The third kappa shape index (κ3) is 3.40. The van der Waals surface area contributed by atoms with Crippen LogP contribution in [0.1, 0.15) is 13.8 Å². The number of nitrogens with zero attached hydrogens (tertiary/aromatic N) is 2. The summed E-state index contributed by atoms with van der Waals surface area (Å²) in [5.41, 5.74) is 5.27. The molecule has 1 rings (SSSR count). The molecule has 0 spiro atoms. The molecule has 0 aliphatic heterocycles. The summed E-state index contributed by atoms with van der Waals surface area (Å²) in [5, 5.41) is 2.84. The molecule has 1 aromatic heterocycles. The van der Waals surface area contributed by atoms with Gasteiger partial charge in [-0.05, 0) is 6.07 Å². The van der Waals surface area contributed by atoms with Gasteiger partial charge in [-0.15, -0.1) is 0 Å². The molecule has 0 aromatic carbocycles. The molecule has 62 valence electrons. The number of nitrogens with one attached hydrogen (secondary N) is 1. The van der Waals surface area contributed by atoms with Gasteiger partial charge in [-0.3, -0.25) is 0 Å². The largest absolute Gasteiger partial charge is 0.373 e. The highest BCUT2D eigenvalue weighted by atomic mass is 15.1. The van der Waals surface area contributed by atoms with E-state index in [2.05, 4.69) is 15.3 Å². The Labute approximate surface area is 66.9 Å². The summed E-state index contributed by atoms with van der Waals surface area (Å²) in [6.45, 7) is 4.00. The van der Waals surface area contributed by atoms with E-state index < -0.39 is 0 Å². The second-order valence-corrected chi connectivity index (χ2v) is 1.55. The van der Waals surface area contributed by atoms with E-state index >= 15 is 0 Å². The second kappa shape index (κ2) is 5.46. The molecular formula is C7H14N4. The molecule has 4 nitrogen and oxygen atoms in total. The van der Waals surface area contributed by atoms with Crippen LogP contribution in [0.25, 0.3) is 0 Å².